The number of hydrogen-bond donors (Lipinski definition) is 1. The van der Waals surface area contributed by atoms with Crippen molar-refractivity contribution in [2.24, 2.45) is 4.99 Å². The number of aliphatic imine (C=N–C) groups is 1. The summed E-state index contributed by atoms with van der Waals surface area (Å²) in [5, 5.41) is 3.33. The van der Waals surface area contributed by atoms with Crippen molar-refractivity contribution in [1.29, 1.82) is 0 Å². The topological polar surface area (TPSA) is 46.1 Å². The van der Waals surface area contributed by atoms with Crippen LogP contribution >= 0.6 is 11.8 Å². The van der Waals surface area contributed by atoms with E-state index in [0.717, 1.165) is 35.9 Å². The molecule has 0 amide bonds. The van der Waals surface area contributed by atoms with Crippen LogP contribution in [0.25, 0.3) is 0 Å². The Kier molecular flexibility index (Phi) is 7.77. The van der Waals surface area contributed by atoms with Gasteiger partial charge in [0.2, 0.25) is 0 Å². The molecule has 7 heteroatoms. The fourth-order valence-corrected chi connectivity index (χ4v) is 3.68. The summed E-state index contributed by atoms with van der Waals surface area (Å²) in [6.07, 6.45) is 2.68. The highest BCUT2D eigenvalue weighted by Gasteiger charge is 2.17. The Morgan fingerprint density at radius 2 is 2.07 bits per heavy atom. The van der Waals surface area contributed by atoms with E-state index >= 15 is 0 Å². The standard InChI is InChI=1S/C22H28FN3O2S/c1-4-24-22(26(2)13-16-5-7-20(29-3)8-6-16)25-10-9-17-11-19(23)12-18-14-27-15-28-21(17)18/h5-8,11-12H,4,9-10,13-15H2,1-3H3,(H,24,25). The SMILES string of the molecule is CCNC(=NCCc1cc(F)cc2c1OCOC2)N(C)Cc1ccc(SC)cc1. The molecule has 2 aromatic carbocycles. The summed E-state index contributed by atoms with van der Waals surface area (Å²) in [6.45, 7) is 4.71. The summed E-state index contributed by atoms with van der Waals surface area (Å²) < 4.78 is 24.8. The van der Waals surface area contributed by atoms with Crippen molar-refractivity contribution in [2.75, 3.05) is 33.2 Å². The molecule has 156 valence electrons. The molecule has 0 saturated heterocycles. The van der Waals surface area contributed by atoms with Crippen LogP contribution in [-0.4, -0.2) is 44.0 Å². The molecule has 0 unspecified atom stereocenters. The summed E-state index contributed by atoms with van der Waals surface area (Å²) in [4.78, 5) is 8.09. The van der Waals surface area contributed by atoms with Gasteiger partial charge in [0, 0.05) is 37.1 Å². The van der Waals surface area contributed by atoms with E-state index in [4.69, 9.17) is 14.5 Å². The zero-order valence-corrected chi connectivity index (χ0v) is 18.0. The minimum absolute atomic E-state index is 0.204. The van der Waals surface area contributed by atoms with E-state index in [-0.39, 0.29) is 12.6 Å². The third-order valence-electron chi connectivity index (χ3n) is 4.67. The molecule has 2 aromatic rings. The lowest BCUT2D eigenvalue weighted by Gasteiger charge is -2.23. The highest BCUT2D eigenvalue weighted by Crippen LogP contribution is 2.29. The monoisotopic (exact) mass is 417 g/mol. The van der Waals surface area contributed by atoms with Crippen LogP contribution in [0.5, 0.6) is 5.75 Å². The summed E-state index contributed by atoms with van der Waals surface area (Å²) >= 11 is 1.74. The van der Waals surface area contributed by atoms with Gasteiger partial charge >= 0.3 is 0 Å². The van der Waals surface area contributed by atoms with Gasteiger partial charge in [0.15, 0.2) is 12.8 Å². The van der Waals surface area contributed by atoms with Crippen molar-refractivity contribution >= 4 is 17.7 Å². The molecule has 1 aliphatic rings. The first-order valence-electron chi connectivity index (χ1n) is 9.75. The van der Waals surface area contributed by atoms with Crippen molar-refractivity contribution in [2.45, 2.75) is 31.4 Å². The number of benzene rings is 2. The first-order valence-corrected chi connectivity index (χ1v) is 11.0. The summed E-state index contributed by atoms with van der Waals surface area (Å²) in [5.41, 5.74) is 2.81. The van der Waals surface area contributed by atoms with Gasteiger partial charge in [-0.1, -0.05) is 12.1 Å². The molecule has 0 radical (unpaired) electrons. The molecule has 1 aliphatic heterocycles. The number of ether oxygens (including phenoxy) is 2. The summed E-state index contributed by atoms with van der Waals surface area (Å²) in [7, 11) is 2.02. The number of hydrogen-bond acceptors (Lipinski definition) is 4. The number of guanidine groups is 1. The molecule has 0 fully saturated rings. The lowest BCUT2D eigenvalue weighted by atomic mass is 10.1. The Labute approximate surface area is 176 Å². The van der Waals surface area contributed by atoms with Crippen molar-refractivity contribution in [3.8, 4) is 5.75 Å². The van der Waals surface area contributed by atoms with Gasteiger partial charge in [-0.05, 0) is 55.0 Å². The molecule has 0 spiro atoms. The molecule has 1 N–H and O–H groups in total. The van der Waals surface area contributed by atoms with Crippen LogP contribution in [0.3, 0.4) is 0 Å². The molecule has 0 atom stereocenters. The minimum Gasteiger partial charge on any atom is -0.467 e. The summed E-state index contributed by atoms with van der Waals surface area (Å²) in [5.74, 6) is 1.30. The Bertz CT molecular complexity index is 843. The predicted octanol–water partition coefficient (Wildman–Crippen LogP) is 4.05. The molecule has 5 nitrogen and oxygen atoms in total. The second-order valence-electron chi connectivity index (χ2n) is 6.85. The zero-order chi connectivity index (χ0) is 20.6. The average molecular weight is 418 g/mol. The fourth-order valence-electron chi connectivity index (χ4n) is 3.27. The van der Waals surface area contributed by atoms with Gasteiger partial charge in [0.1, 0.15) is 11.6 Å². The largest absolute Gasteiger partial charge is 0.467 e. The highest BCUT2D eigenvalue weighted by atomic mass is 32.2. The second-order valence-corrected chi connectivity index (χ2v) is 7.73. The van der Waals surface area contributed by atoms with Gasteiger partial charge in [-0.3, -0.25) is 4.99 Å². The van der Waals surface area contributed by atoms with Crippen molar-refractivity contribution in [3.63, 3.8) is 0 Å². The molecular formula is C22H28FN3O2S. The number of rotatable bonds is 7. The third kappa shape index (κ3) is 5.87. The molecule has 3 rings (SSSR count). The maximum atomic E-state index is 13.9. The fraction of sp³-hybridized carbons (Fsp3) is 0.409. The van der Waals surface area contributed by atoms with Crippen LogP contribution < -0.4 is 10.1 Å². The maximum Gasteiger partial charge on any atom is 0.193 e. The quantitative estimate of drug-likeness (QED) is 0.418. The molecule has 1 heterocycles. The highest BCUT2D eigenvalue weighted by molar-refractivity contribution is 7.98. The van der Waals surface area contributed by atoms with Crippen molar-refractivity contribution < 1.29 is 13.9 Å². The number of fused-ring (bicyclic) bond motifs is 1. The van der Waals surface area contributed by atoms with Gasteiger partial charge in [-0.15, -0.1) is 11.8 Å². The van der Waals surface area contributed by atoms with Gasteiger partial charge in [-0.2, -0.15) is 0 Å². The van der Waals surface area contributed by atoms with E-state index in [1.807, 2.05) is 14.0 Å². The lowest BCUT2D eigenvalue weighted by molar-refractivity contribution is -0.0172. The minimum atomic E-state index is -0.269. The van der Waals surface area contributed by atoms with E-state index in [1.165, 1.54) is 22.6 Å². The van der Waals surface area contributed by atoms with E-state index in [9.17, 15) is 4.39 Å². The molecular weight excluding hydrogens is 389 g/mol. The van der Waals surface area contributed by atoms with Gasteiger partial charge in [0.25, 0.3) is 0 Å². The van der Waals surface area contributed by atoms with Crippen LogP contribution in [0.2, 0.25) is 0 Å². The number of nitrogens with one attached hydrogen (secondary N) is 1. The van der Waals surface area contributed by atoms with E-state index in [0.29, 0.717) is 19.6 Å². The number of nitrogens with zero attached hydrogens (tertiary/aromatic N) is 2. The molecule has 0 aliphatic carbocycles. The second kappa shape index (κ2) is 10.5. The first kappa shape index (κ1) is 21.5. The van der Waals surface area contributed by atoms with Crippen molar-refractivity contribution in [3.05, 3.63) is 58.9 Å². The zero-order valence-electron chi connectivity index (χ0n) is 17.2. The summed E-state index contributed by atoms with van der Waals surface area (Å²) in [6, 6.07) is 11.6. The van der Waals surface area contributed by atoms with Crippen LogP contribution in [0.1, 0.15) is 23.6 Å². The Morgan fingerprint density at radius 1 is 1.28 bits per heavy atom. The van der Waals surface area contributed by atoms with Crippen LogP contribution in [0.4, 0.5) is 4.39 Å². The van der Waals surface area contributed by atoms with E-state index < -0.39 is 0 Å². The molecule has 0 bridgehead atoms. The molecule has 0 aromatic heterocycles. The third-order valence-corrected chi connectivity index (χ3v) is 5.41. The Morgan fingerprint density at radius 3 is 2.79 bits per heavy atom. The normalized spacial score (nSPS) is 13.6. The Balaban J connectivity index is 1.66. The molecule has 0 saturated carbocycles. The molecule has 29 heavy (non-hydrogen) atoms. The smallest absolute Gasteiger partial charge is 0.193 e. The Hall–Kier alpha value is -2.25. The lowest BCUT2D eigenvalue weighted by Crippen LogP contribution is -2.38. The predicted molar refractivity (Wildman–Crippen MR) is 116 cm³/mol. The number of halogens is 1. The van der Waals surface area contributed by atoms with Crippen LogP contribution in [0, 0.1) is 5.82 Å². The average Bonchev–Trinajstić information content (AvgIpc) is 2.73. The van der Waals surface area contributed by atoms with E-state index in [2.05, 4.69) is 40.7 Å². The maximum absolute atomic E-state index is 13.9. The van der Waals surface area contributed by atoms with Gasteiger partial charge in [-0.25, -0.2) is 4.39 Å². The number of thioether (sulfide) groups is 1. The van der Waals surface area contributed by atoms with Gasteiger partial charge in [0.05, 0.1) is 6.61 Å². The van der Waals surface area contributed by atoms with Crippen molar-refractivity contribution in [1.82, 2.24) is 10.2 Å². The van der Waals surface area contributed by atoms with Crippen LogP contribution in [-0.2, 0) is 24.3 Å². The van der Waals surface area contributed by atoms with Crippen LogP contribution in [0.15, 0.2) is 46.3 Å². The van der Waals surface area contributed by atoms with E-state index in [1.54, 1.807) is 11.8 Å². The first-order chi connectivity index (χ1) is 14.1. The van der Waals surface area contributed by atoms with Gasteiger partial charge < -0.3 is 19.7 Å².